The third-order valence-corrected chi connectivity index (χ3v) is 4.06. The van der Waals surface area contributed by atoms with Crippen LogP contribution in [0.1, 0.15) is 39.2 Å². The monoisotopic (exact) mass is 262 g/mol. The fourth-order valence-corrected chi connectivity index (χ4v) is 2.92. The predicted molar refractivity (Wildman–Crippen MR) is 81.5 cm³/mol. The molecule has 0 aliphatic rings. The second-order valence-corrected chi connectivity index (χ2v) is 6.54. The van der Waals surface area contributed by atoms with E-state index in [0.717, 1.165) is 16.6 Å². The van der Waals surface area contributed by atoms with Crippen LogP contribution in [-0.2, 0) is 0 Å². The molecule has 2 rings (SSSR count). The van der Waals surface area contributed by atoms with E-state index in [-0.39, 0.29) is 0 Å². The molecule has 0 aliphatic carbocycles. The number of rotatable bonds is 5. The molecule has 1 unspecified atom stereocenters. The van der Waals surface area contributed by atoms with Crippen molar-refractivity contribution in [2.24, 2.45) is 5.92 Å². The first-order valence-electron chi connectivity index (χ1n) is 6.68. The van der Waals surface area contributed by atoms with Gasteiger partial charge in [-0.3, -0.25) is 0 Å². The standard InChI is InChI=1S/C15H22N2S/c1-10(2)5-7-12(4)16-15-17-13-9-11(3)6-8-14(13)18-15/h6,8-10,12H,5,7H2,1-4H3,(H,16,17). The van der Waals surface area contributed by atoms with E-state index in [9.17, 15) is 0 Å². The number of aryl methyl sites for hydroxylation is 1. The maximum absolute atomic E-state index is 4.65. The van der Waals surface area contributed by atoms with Crippen LogP contribution < -0.4 is 5.32 Å². The molecule has 0 radical (unpaired) electrons. The lowest BCUT2D eigenvalue weighted by atomic mass is 10.0. The maximum Gasteiger partial charge on any atom is 0.183 e. The van der Waals surface area contributed by atoms with Gasteiger partial charge in [0.1, 0.15) is 0 Å². The quantitative estimate of drug-likeness (QED) is 0.834. The van der Waals surface area contributed by atoms with Crippen LogP contribution >= 0.6 is 11.3 Å². The van der Waals surface area contributed by atoms with E-state index in [1.165, 1.54) is 23.1 Å². The minimum Gasteiger partial charge on any atom is -0.359 e. The van der Waals surface area contributed by atoms with Crippen molar-refractivity contribution in [2.75, 3.05) is 5.32 Å². The van der Waals surface area contributed by atoms with Crippen LogP contribution in [0.5, 0.6) is 0 Å². The Morgan fingerprint density at radius 1 is 1.22 bits per heavy atom. The summed E-state index contributed by atoms with van der Waals surface area (Å²) in [5, 5.41) is 4.56. The Bertz CT molecular complexity index is 516. The van der Waals surface area contributed by atoms with Crippen LogP contribution in [0.2, 0.25) is 0 Å². The van der Waals surface area contributed by atoms with Gasteiger partial charge in [0, 0.05) is 6.04 Å². The molecule has 1 aromatic heterocycles. The number of anilines is 1. The van der Waals surface area contributed by atoms with E-state index in [4.69, 9.17) is 0 Å². The van der Waals surface area contributed by atoms with E-state index in [1.54, 1.807) is 11.3 Å². The van der Waals surface area contributed by atoms with E-state index >= 15 is 0 Å². The molecule has 0 aliphatic heterocycles. The van der Waals surface area contributed by atoms with Gasteiger partial charge in [-0.25, -0.2) is 4.98 Å². The zero-order chi connectivity index (χ0) is 13.1. The molecule has 3 heteroatoms. The summed E-state index contributed by atoms with van der Waals surface area (Å²) in [5.74, 6) is 0.771. The van der Waals surface area contributed by atoms with E-state index in [0.29, 0.717) is 6.04 Å². The largest absolute Gasteiger partial charge is 0.359 e. The van der Waals surface area contributed by atoms with Crippen molar-refractivity contribution in [3.63, 3.8) is 0 Å². The molecule has 0 saturated carbocycles. The van der Waals surface area contributed by atoms with Crippen molar-refractivity contribution in [1.82, 2.24) is 4.98 Å². The number of nitrogens with one attached hydrogen (secondary N) is 1. The number of nitrogens with zero attached hydrogens (tertiary/aromatic N) is 1. The van der Waals surface area contributed by atoms with Crippen molar-refractivity contribution in [3.8, 4) is 0 Å². The summed E-state index contributed by atoms with van der Waals surface area (Å²) in [6.45, 7) is 8.89. The molecule has 0 bridgehead atoms. The van der Waals surface area contributed by atoms with Gasteiger partial charge in [0.2, 0.25) is 0 Å². The van der Waals surface area contributed by atoms with Gasteiger partial charge < -0.3 is 5.32 Å². The molecule has 18 heavy (non-hydrogen) atoms. The van der Waals surface area contributed by atoms with Crippen LogP contribution in [0.4, 0.5) is 5.13 Å². The Morgan fingerprint density at radius 3 is 2.72 bits per heavy atom. The highest BCUT2D eigenvalue weighted by molar-refractivity contribution is 7.22. The summed E-state index contributed by atoms with van der Waals surface area (Å²) in [5.41, 5.74) is 2.38. The van der Waals surface area contributed by atoms with Crippen LogP contribution in [-0.4, -0.2) is 11.0 Å². The molecule has 1 heterocycles. The molecule has 1 aromatic carbocycles. The predicted octanol–water partition coefficient (Wildman–Crippen LogP) is 4.84. The number of hydrogen-bond donors (Lipinski definition) is 1. The maximum atomic E-state index is 4.65. The van der Waals surface area contributed by atoms with Gasteiger partial charge in [-0.15, -0.1) is 0 Å². The molecular formula is C15H22N2S. The third kappa shape index (κ3) is 3.45. The summed E-state index contributed by atoms with van der Waals surface area (Å²) >= 11 is 1.75. The zero-order valence-electron chi connectivity index (χ0n) is 11.7. The van der Waals surface area contributed by atoms with Crippen molar-refractivity contribution in [1.29, 1.82) is 0 Å². The number of hydrogen-bond acceptors (Lipinski definition) is 3. The molecule has 0 amide bonds. The fraction of sp³-hybridized carbons (Fsp3) is 0.533. The summed E-state index contributed by atoms with van der Waals surface area (Å²) in [6.07, 6.45) is 2.46. The fourth-order valence-electron chi connectivity index (χ4n) is 1.97. The number of thiazole rings is 1. The van der Waals surface area contributed by atoms with Gasteiger partial charge in [0.25, 0.3) is 0 Å². The average molecular weight is 262 g/mol. The molecule has 2 aromatic rings. The molecule has 1 atom stereocenters. The van der Waals surface area contributed by atoms with Crippen LogP contribution in [0.15, 0.2) is 18.2 Å². The Morgan fingerprint density at radius 2 is 2.00 bits per heavy atom. The Kier molecular flexibility index (Phi) is 4.23. The van der Waals surface area contributed by atoms with Gasteiger partial charge in [0.15, 0.2) is 5.13 Å². The lowest BCUT2D eigenvalue weighted by molar-refractivity contribution is 0.527. The molecular weight excluding hydrogens is 240 g/mol. The smallest absolute Gasteiger partial charge is 0.183 e. The SMILES string of the molecule is Cc1ccc2sc(NC(C)CCC(C)C)nc2c1. The number of fused-ring (bicyclic) bond motifs is 1. The zero-order valence-corrected chi connectivity index (χ0v) is 12.5. The van der Waals surface area contributed by atoms with Crippen LogP contribution in [0.3, 0.4) is 0 Å². The topological polar surface area (TPSA) is 24.9 Å². The third-order valence-electron chi connectivity index (χ3n) is 3.09. The second-order valence-electron chi connectivity index (χ2n) is 5.51. The van der Waals surface area contributed by atoms with Crippen molar-refractivity contribution in [3.05, 3.63) is 23.8 Å². The first-order valence-corrected chi connectivity index (χ1v) is 7.50. The molecule has 0 spiro atoms. The normalized spacial score (nSPS) is 13.2. The average Bonchev–Trinajstić information content (AvgIpc) is 2.67. The molecule has 0 saturated heterocycles. The highest BCUT2D eigenvalue weighted by Gasteiger charge is 2.08. The van der Waals surface area contributed by atoms with Crippen molar-refractivity contribution in [2.45, 2.75) is 46.6 Å². The summed E-state index contributed by atoms with van der Waals surface area (Å²) in [4.78, 5) is 4.65. The highest BCUT2D eigenvalue weighted by Crippen LogP contribution is 2.27. The highest BCUT2D eigenvalue weighted by atomic mass is 32.1. The minimum absolute atomic E-state index is 0.494. The molecule has 0 fully saturated rings. The molecule has 98 valence electrons. The van der Waals surface area contributed by atoms with Crippen LogP contribution in [0.25, 0.3) is 10.2 Å². The van der Waals surface area contributed by atoms with Crippen molar-refractivity contribution < 1.29 is 0 Å². The number of benzene rings is 1. The minimum atomic E-state index is 0.494. The van der Waals surface area contributed by atoms with E-state index < -0.39 is 0 Å². The first-order chi connectivity index (χ1) is 8.54. The van der Waals surface area contributed by atoms with Gasteiger partial charge in [-0.05, 0) is 50.3 Å². The lowest BCUT2D eigenvalue weighted by Gasteiger charge is -2.13. The Hall–Kier alpha value is -1.09. The summed E-state index contributed by atoms with van der Waals surface area (Å²) < 4.78 is 1.26. The van der Waals surface area contributed by atoms with E-state index in [2.05, 4.69) is 56.2 Å². The first kappa shape index (κ1) is 13.3. The number of aromatic nitrogens is 1. The lowest BCUT2D eigenvalue weighted by Crippen LogP contribution is -2.15. The van der Waals surface area contributed by atoms with Gasteiger partial charge >= 0.3 is 0 Å². The van der Waals surface area contributed by atoms with Gasteiger partial charge in [-0.1, -0.05) is 31.3 Å². The molecule has 2 nitrogen and oxygen atoms in total. The van der Waals surface area contributed by atoms with E-state index in [1.807, 2.05) is 0 Å². The van der Waals surface area contributed by atoms with Crippen LogP contribution in [0, 0.1) is 12.8 Å². The Labute approximate surface area is 113 Å². The summed E-state index contributed by atoms with van der Waals surface area (Å²) in [6, 6.07) is 6.95. The second kappa shape index (κ2) is 5.70. The van der Waals surface area contributed by atoms with Gasteiger partial charge in [0.05, 0.1) is 10.2 Å². The molecule has 1 N–H and O–H groups in total. The van der Waals surface area contributed by atoms with Crippen molar-refractivity contribution >= 4 is 26.7 Å². The summed E-state index contributed by atoms with van der Waals surface area (Å²) in [7, 11) is 0. The Balaban J connectivity index is 2.03. The van der Waals surface area contributed by atoms with Gasteiger partial charge in [-0.2, -0.15) is 0 Å².